The van der Waals surface area contributed by atoms with Crippen LogP contribution in [-0.4, -0.2) is 22.4 Å². The summed E-state index contributed by atoms with van der Waals surface area (Å²) in [6.45, 7) is 2.45. The Morgan fingerprint density at radius 3 is 2.50 bits per heavy atom. The van der Waals surface area contributed by atoms with Gasteiger partial charge in [-0.3, -0.25) is 4.79 Å². The van der Waals surface area contributed by atoms with Crippen molar-refractivity contribution in [2.24, 2.45) is 0 Å². The summed E-state index contributed by atoms with van der Waals surface area (Å²) >= 11 is 0. The van der Waals surface area contributed by atoms with Gasteiger partial charge < -0.3 is 15.4 Å². The number of anilines is 4. The Morgan fingerprint density at radius 2 is 1.78 bits per heavy atom. The Kier molecular flexibility index (Phi) is 5.98. The van der Waals surface area contributed by atoms with Crippen molar-refractivity contribution in [3.05, 3.63) is 65.4 Å². The SMILES string of the molecule is CCOc1ccc(Nc2nc3c(c(Nc4cccc(C(F)(F)F)c4)n2)C(=O)CCC3)cc1. The van der Waals surface area contributed by atoms with Crippen molar-refractivity contribution >= 4 is 28.9 Å². The first-order valence-corrected chi connectivity index (χ1v) is 10.2. The average molecular weight is 442 g/mol. The van der Waals surface area contributed by atoms with Gasteiger partial charge in [-0.1, -0.05) is 6.07 Å². The second kappa shape index (κ2) is 8.86. The summed E-state index contributed by atoms with van der Waals surface area (Å²) in [4.78, 5) is 21.5. The van der Waals surface area contributed by atoms with Gasteiger partial charge in [0.25, 0.3) is 0 Å². The van der Waals surface area contributed by atoms with E-state index in [1.54, 1.807) is 24.3 Å². The average Bonchev–Trinajstić information content (AvgIpc) is 2.75. The highest BCUT2D eigenvalue weighted by molar-refractivity contribution is 6.03. The lowest BCUT2D eigenvalue weighted by Crippen LogP contribution is -2.18. The Morgan fingerprint density at radius 1 is 1.00 bits per heavy atom. The minimum atomic E-state index is -4.47. The van der Waals surface area contributed by atoms with Crippen LogP contribution in [0.1, 0.15) is 41.4 Å². The molecule has 166 valence electrons. The lowest BCUT2D eigenvalue weighted by molar-refractivity contribution is -0.137. The standard InChI is InChI=1S/C23H21F3N4O2/c1-2-32-17-11-9-15(10-12-17)28-22-29-18-7-4-8-19(31)20(18)21(30-22)27-16-6-3-5-14(13-16)23(24,25)26/h3,5-6,9-13H,2,4,7-8H2,1H3,(H2,27,28,29,30). The van der Waals surface area contributed by atoms with E-state index in [2.05, 4.69) is 20.6 Å². The molecule has 32 heavy (non-hydrogen) atoms. The van der Waals surface area contributed by atoms with E-state index >= 15 is 0 Å². The lowest BCUT2D eigenvalue weighted by Gasteiger charge is -2.20. The molecule has 0 amide bonds. The van der Waals surface area contributed by atoms with Crippen LogP contribution in [0.2, 0.25) is 0 Å². The molecule has 1 heterocycles. The summed E-state index contributed by atoms with van der Waals surface area (Å²) in [5.74, 6) is 1.03. The highest BCUT2D eigenvalue weighted by atomic mass is 19.4. The number of ether oxygens (including phenoxy) is 1. The van der Waals surface area contributed by atoms with Gasteiger partial charge in [-0.05, 0) is 62.2 Å². The monoisotopic (exact) mass is 442 g/mol. The van der Waals surface area contributed by atoms with Gasteiger partial charge in [0.2, 0.25) is 5.95 Å². The maximum absolute atomic E-state index is 13.1. The number of nitrogens with one attached hydrogen (secondary N) is 2. The smallest absolute Gasteiger partial charge is 0.416 e. The van der Waals surface area contributed by atoms with Gasteiger partial charge in [0.1, 0.15) is 11.6 Å². The van der Waals surface area contributed by atoms with Crippen LogP contribution in [0, 0.1) is 0 Å². The molecule has 0 aliphatic heterocycles. The molecule has 2 N–H and O–H groups in total. The van der Waals surface area contributed by atoms with Crippen LogP contribution in [0.25, 0.3) is 0 Å². The summed E-state index contributed by atoms with van der Waals surface area (Å²) in [6, 6.07) is 12.0. The van der Waals surface area contributed by atoms with Gasteiger partial charge >= 0.3 is 6.18 Å². The number of hydrogen-bond donors (Lipinski definition) is 2. The lowest BCUT2D eigenvalue weighted by atomic mass is 9.95. The number of fused-ring (bicyclic) bond motifs is 1. The Labute approximate surface area is 182 Å². The normalized spacial score (nSPS) is 13.4. The van der Waals surface area contributed by atoms with E-state index in [0.717, 1.165) is 17.9 Å². The molecule has 1 aromatic heterocycles. The minimum absolute atomic E-state index is 0.131. The molecule has 2 aromatic carbocycles. The number of ketones is 1. The molecule has 4 rings (SSSR count). The first-order chi connectivity index (χ1) is 15.3. The van der Waals surface area contributed by atoms with Crippen LogP contribution in [-0.2, 0) is 12.6 Å². The van der Waals surface area contributed by atoms with Gasteiger partial charge in [-0.15, -0.1) is 0 Å². The first kappa shape index (κ1) is 21.6. The molecule has 0 bridgehead atoms. The largest absolute Gasteiger partial charge is 0.494 e. The number of nitrogens with zero attached hydrogens (tertiary/aromatic N) is 2. The predicted octanol–water partition coefficient (Wildman–Crippen LogP) is 5.90. The third kappa shape index (κ3) is 4.82. The second-order valence-electron chi connectivity index (χ2n) is 7.28. The number of carbonyl (C=O) groups excluding carboxylic acids is 1. The van der Waals surface area contributed by atoms with Crippen molar-refractivity contribution in [3.63, 3.8) is 0 Å². The zero-order valence-corrected chi connectivity index (χ0v) is 17.3. The summed E-state index contributed by atoms with van der Waals surface area (Å²) in [5, 5.41) is 5.99. The van der Waals surface area contributed by atoms with E-state index in [1.807, 2.05) is 6.92 Å². The van der Waals surface area contributed by atoms with Crippen LogP contribution < -0.4 is 15.4 Å². The third-order valence-electron chi connectivity index (χ3n) is 4.95. The highest BCUT2D eigenvalue weighted by Crippen LogP contribution is 2.33. The number of halogens is 3. The van der Waals surface area contributed by atoms with E-state index in [9.17, 15) is 18.0 Å². The molecule has 0 fully saturated rings. The van der Waals surface area contributed by atoms with E-state index in [4.69, 9.17) is 4.74 Å². The Hall–Kier alpha value is -3.62. The minimum Gasteiger partial charge on any atom is -0.494 e. The topological polar surface area (TPSA) is 76.1 Å². The number of hydrogen-bond acceptors (Lipinski definition) is 6. The fraction of sp³-hybridized carbons (Fsp3) is 0.261. The predicted molar refractivity (Wildman–Crippen MR) is 115 cm³/mol. The molecule has 1 aliphatic rings. The Balaban J connectivity index is 1.67. The first-order valence-electron chi connectivity index (χ1n) is 10.2. The molecule has 9 heteroatoms. The number of carbonyl (C=O) groups is 1. The molecule has 0 saturated heterocycles. The van der Waals surface area contributed by atoms with E-state index in [0.29, 0.717) is 42.8 Å². The summed E-state index contributed by atoms with van der Waals surface area (Å²) in [7, 11) is 0. The van der Waals surface area contributed by atoms with Crippen molar-refractivity contribution in [3.8, 4) is 5.75 Å². The van der Waals surface area contributed by atoms with Crippen LogP contribution >= 0.6 is 0 Å². The molecule has 3 aromatic rings. The molecular weight excluding hydrogens is 421 g/mol. The maximum atomic E-state index is 13.1. The highest BCUT2D eigenvalue weighted by Gasteiger charge is 2.31. The van der Waals surface area contributed by atoms with Crippen molar-refractivity contribution in [1.29, 1.82) is 0 Å². The third-order valence-corrected chi connectivity index (χ3v) is 4.95. The van der Waals surface area contributed by atoms with E-state index < -0.39 is 11.7 Å². The zero-order valence-electron chi connectivity index (χ0n) is 17.3. The fourth-order valence-corrected chi connectivity index (χ4v) is 3.51. The van der Waals surface area contributed by atoms with Gasteiger partial charge in [0.05, 0.1) is 23.4 Å². The van der Waals surface area contributed by atoms with Gasteiger partial charge in [-0.2, -0.15) is 18.2 Å². The number of alkyl halides is 3. The van der Waals surface area contributed by atoms with Crippen LogP contribution in [0.5, 0.6) is 5.75 Å². The van der Waals surface area contributed by atoms with Gasteiger partial charge in [-0.25, -0.2) is 4.98 Å². The van der Waals surface area contributed by atoms with Gasteiger partial charge in [0.15, 0.2) is 5.78 Å². The maximum Gasteiger partial charge on any atom is 0.416 e. The number of aromatic nitrogens is 2. The number of rotatable bonds is 6. The molecule has 0 spiro atoms. The number of Topliss-reactive ketones (excluding diaryl/α,β-unsaturated/α-hetero) is 1. The number of aryl methyl sites for hydroxylation is 1. The summed E-state index contributed by atoms with van der Waals surface area (Å²) in [5.41, 5.74) is 1.00. The zero-order chi connectivity index (χ0) is 22.7. The van der Waals surface area contributed by atoms with Crippen molar-refractivity contribution in [2.75, 3.05) is 17.2 Å². The van der Waals surface area contributed by atoms with Crippen molar-refractivity contribution < 1.29 is 22.7 Å². The van der Waals surface area contributed by atoms with E-state index in [-0.39, 0.29) is 23.2 Å². The van der Waals surface area contributed by atoms with Gasteiger partial charge in [0, 0.05) is 17.8 Å². The molecule has 0 radical (unpaired) electrons. The Bertz CT molecular complexity index is 1130. The van der Waals surface area contributed by atoms with E-state index in [1.165, 1.54) is 12.1 Å². The molecule has 1 aliphatic carbocycles. The molecule has 6 nitrogen and oxygen atoms in total. The molecule has 0 saturated carbocycles. The van der Waals surface area contributed by atoms with Crippen molar-refractivity contribution in [1.82, 2.24) is 9.97 Å². The molecule has 0 unspecified atom stereocenters. The number of benzene rings is 2. The fourth-order valence-electron chi connectivity index (χ4n) is 3.51. The summed E-state index contributed by atoms with van der Waals surface area (Å²) in [6.07, 6.45) is -2.88. The molecular formula is C23H21F3N4O2. The van der Waals surface area contributed by atoms with Crippen LogP contribution in [0.4, 0.5) is 36.3 Å². The van der Waals surface area contributed by atoms with Crippen LogP contribution in [0.3, 0.4) is 0 Å². The van der Waals surface area contributed by atoms with Crippen LogP contribution in [0.15, 0.2) is 48.5 Å². The molecule has 0 atom stereocenters. The quantitative estimate of drug-likeness (QED) is 0.495. The van der Waals surface area contributed by atoms with Crippen molar-refractivity contribution in [2.45, 2.75) is 32.4 Å². The summed E-state index contributed by atoms with van der Waals surface area (Å²) < 4.78 is 44.7. The second-order valence-corrected chi connectivity index (χ2v) is 7.28.